The van der Waals surface area contributed by atoms with Crippen molar-refractivity contribution in [2.24, 2.45) is 0 Å². The highest BCUT2D eigenvalue weighted by molar-refractivity contribution is 5.82. The normalized spacial score (nSPS) is 19.1. The predicted molar refractivity (Wildman–Crippen MR) is 26.2 cm³/mol. The van der Waals surface area contributed by atoms with E-state index in [0.29, 0.717) is 0 Å². The van der Waals surface area contributed by atoms with Gasteiger partial charge in [0, 0.05) is 6.42 Å². The van der Waals surface area contributed by atoms with Crippen LogP contribution >= 0.6 is 0 Å². The number of hydrogen-bond donors (Lipinski definition) is 1. The molecule has 0 unspecified atom stereocenters. The zero-order valence-electron chi connectivity index (χ0n) is 3.85. The van der Waals surface area contributed by atoms with Gasteiger partial charge in [-0.3, -0.25) is 0 Å². The molecule has 0 spiro atoms. The molecule has 0 aromatic rings. The number of carbonyl (C=O) groups excluding carboxylic acids is 1. The lowest BCUT2D eigenvalue weighted by Gasteiger charge is -1.89. The van der Waals surface area contributed by atoms with E-state index in [1.54, 1.807) is 6.21 Å². The molecule has 0 atom stereocenters. The fraction of sp³-hybridized carbons (Fsp3) is 0.500. The summed E-state index contributed by atoms with van der Waals surface area (Å²) < 4.78 is 0. The Morgan fingerprint density at radius 3 is 3.00 bits per heavy atom. The summed E-state index contributed by atoms with van der Waals surface area (Å²) in [6.07, 6.45) is 2.49. The van der Waals surface area contributed by atoms with Crippen molar-refractivity contribution in [2.45, 2.75) is 6.42 Å². The first kappa shape index (κ1) is 4.30. The molecule has 1 aliphatic heterocycles. The van der Waals surface area contributed by atoms with Gasteiger partial charge in [-0.25, -0.2) is 5.32 Å². The minimum atomic E-state index is -0.216. The number of amides is 2. The van der Waals surface area contributed by atoms with E-state index in [1.807, 2.05) is 0 Å². The summed E-state index contributed by atoms with van der Waals surface area (Å²) in [5, 5.41) is 2.55. The van der Waals surface area contributed by atoms with E-state index < -0.39 is 0 Å². The maximum atomic E-state index is 10.2. The van der Waals surface area contributed by atoms with Gasteiger partial charge in [0.1, 0.15) is 6.21 Å². The summed E-state index contributed by atoms with van der Waals surface area (Å²) in [5.74, 6) is 0. The van der Waals surface area contributed by atoms with Crippen molar-refractivity contribution in [1.82, 2.24) is 10.3 Å². The standard InChI is InChI=1S/C4H6N2O/c7-4-5-2-1-3-6-4/h2H,1,3H2,(H,6,7)/q+1. The van der Waals surface area contributed by atoms with Crippen LogP contribution in [0.15, 0.2) is 0 Å². The zero-order valence-corrected chi connectivity index (χ0v) is 3.85. The van der Waals surface area contributed by atoms with Crippen molar-refractivity contribution in [3.63, 3.8) is 0 Å². The smallest absolute Gasteiger partial charge is 0.234 e. The molecule has 0 fully saturated rings. The molecule has 0 aliphatic carbocycles. The molecular formula is C4H6N2O+. The monoisotopic (exact) mass is 98.0 g/mol. The van der Waals surface area contributed by atoms with E-state index >= 15 is 0 Å². The van der Waals surface area contributed by atoms with Crippen LogP contribution in [0.3, 0.4) is 0 Å². The van der Waals surface area contributed by atoms with Gasteiger partial charge in [-0.1, -0.05) is 0 Å². The molecule has 1 heterocycles. The van der Waals surface area contributed by atoms with Crippen molar-refractivity contribution < 1.29 is 4.79 Å². The highest BCUT2D eigenvalue weighted by atomic mass is 16.2. The average Bonchev–Trinajstić information content (AvgIpc) is 1.69. The van der Waals surface area contributed by atoms with Crippen LogP contribution in [0.2, 0.25) is 0 Å². The largest absolute Gasteiger partial charge is 0.532 e. The first-order chi connectivity index (χ1) is 3.39. The third-order valence-corrected chi connectivity index (χ3v) is 0.758. The number of hydrogen-bond acceptors (Lipinski definition) is 1. The van der Waals surface area contributed by atoms with Crippen LogP contribution in [-0.2, 0) is 0 Å². The molecule has 1 N–H and O–H groups in total. The van der Waals surface area contributed by atoms with Crippen LogP contribution in [0.1, 0.15) is 6.42 Å². The van der Waals surface area contributed by atoms with Crippen LogP contribution in [0.4, 0.5) is 4.79 Å². The van der Waals surface area contributed by atoms with E-state index in [2.05, 4.69) is 10.3 Å². The molecule has 2 amide bonds. The van der Waals surface area contributed by atoms with Gasteiger partial charge < -0.3 is 0 Å². The van der Waals surface area contributed by atoms with Crippen molar-refractivity contribution in [3.05, 3.63) is 0 Å². The number of carbonyl (C=O) groups is 1. The van der Waals surface area contributed by atoms with E-state index in [4.69, 9.17) is 0 Å². The molecule has 0 bridgehead atoms. The third-order valence-electron chi connectivity index (χ3n) is 0.758. The number of nitrogens with one attached hydrogen (secondary N) is 1. The van der Waals surface area contributed by atoms with Crippen LogP contribution in [0.5, 0.6) is 0 Å². The molecule has 0 aromatic carbocycles. The molecule has 1 radical (unpaired) electrons. The van der Waals surface area contributed by atoms with Gasteiger partial charge in [0.05, 0.1) is 6.54 Å². The zero-order chi connectivity index (χ0) is 5.11. The Labute approximate surface area is 41.4 Å². The molecule has 3 nitrogen and oxygen atoms in total. The van der Waals surface area contributed by atoms with Gasteiger partial charge >= 0.3 is 6.03 Å². The van der Waals surface area contributed by atoms with Crippen LogP contribution in [-0.4, -0.2) is 18.8 Å². The van der Waals surface area contributed by atoms with Gasteiger partial charge in [0.15, 0.2) is 0 Å². The highest BCUT2D eigenvalue weighted by Gasteiger charge is 2.10. The fourth-order valence-corrected chi connectivity index (χ4v) is 0.437. The Kier molecular flexibility index (Phi) is 1.06. The van der Waals surface area contributed by atoms with Crippen molar-refractivity contribution in [2.75, 3.05) is 6.54 Å². The van der Waals surface area contributed by atoms with Crippen molar-refractivity contribution in [1.29, 1.82) is 0 Å². The van der Waals surface area contributed by atoms with Crippen molar-refractivity contribution in [3.8, 4) is 0 Å². The molecule has 1 aliphatic rings. The topological polar surface area (TPSA) is 43.2 Å². The summed E-state index contributed by atoms with van der Waals surface area (Å²) >= 11 is 0. The average molecular weight is 98.1 g/mol. The summed E-state index contributed by atoms with van der Waals surface area (Å²) in [6, 6.07) is -0.216. The minimum Gasteiger partial charge on any atom is -0.234 e. The molecule has 37 valence electrons. The quantitative estimate of drug-likeness (QED) is 0.436. The Balaban J connectivity index is 2.51. The van der Waals surface area contributed by atoms with Crippen molar-refractivity contribution >= 4 is 12.2 Å². The fourth-order valence-electron chi connectivity index (χ4n) is 0.437. The molecule has 0 saturated carbocycles. The van der Waals surface area contributed by atoms with E-state index in [-0.39, 0.29) is 6.03 Å². The predicted octanol–water partition coefficient (Wildman–Crippen LogP) is -0.494. The Bertz CT molecular complexity index is 108. The lowest BCUT2D eigenvalue weighted by atomic mass is 10.4. The van der Waals surface area contributed by atoms with Crippen LogP contribution in [0, 0.1) is 0 Å². The number of rotatable bonds is 0. The Morgan fingerprint density at radius 2 is 2.71 bits per heavy atom. The summed E-state index contributed by atoms with van der Waals surface area (Å²) in [7, 11) is 0. The Morgan fingerprint density at radius 1 is 1.86 bits per heavy atom. The molecule has 7 heavy (non-hydrogen) atoms. The third kappa shape index (κ3) is 0.994. The lowest BCUT2D eigenvalue weighted by molar-refractivity contribution is 0.245. The second-order valence-corrected chi connectivity index (χ2v) is 1.33. The molecule has 1 rings (SSSR count). The van der Waals surface area contributed by atoms with E-state index in [1.165, 1.54) is 0 Å². The second-order valence-electron chi connectivity index (χ2n) is 1.33. The van der Waals surface area contributed by atoms with E-state index in [0.717, 1.165) is 13.0 Å². The van der Waals surface area contributed by atoms with Gasteiger partial charge in [0.25, 0.3) is 0 Å². The number of nitrogens with zero attached hydrogens (tertiary/aromatic N) is 1. The van der Waals surface area contributed by atoms with Gasteiger partial charge in [0.2, 0.25) is 0 Å². The molecule has 0 aromatic heterocycles. The first-order valence-electron chi connectivity index (χ1n) is 2.20. The van der Waals surface area contributed by atoms with Gasteiger partial charge in [-0.05, 0) is 4.99 Å². The maximum absolute atomic E-state index is 10.2. The lowest BCUT2D eigenvalue weighted by Crippen LogP contribution is -2.31. The highest BCUT2D eigenvalue weighted by Crippen LogP contribution is 1.73. The van der Waals surface area contributed by atoms with Gasteiger partial charge in [-0.15, -0.1) is 0 Å². The second kappa shape index (κ2) is 1.73. The molecular weight excluding hydrogens is 92.1 g/mol. The minimum absolute atomic E-state index is 0.216. The molecule has 0 saturated heterocycles. The Hall–Kier alpha value is -0.860. The first-order valence-corrected chi connectivity index (χ1v) is 2.20. The summed E-state index contributed by atoms with van der Waals surface area (Å²) in [5.41, 5.74) is 0. The molecule has 3 heteroatoms. The van der Waals surface area contributed by atoms with E-state index in [9.17, 15) is 4.79 Å². The van der Waals surface area contributed by atoms with Crippen LogP contribution in [0.25, 0.3) is 0 Å². The number of urea groups is 1. The number of aliphatic imine (C=N–C) groups is 1. The SMILES string of the molecule is O=C1[N+]=CCCN1. The van der Waals surface area contributed by atoms with Gasteiger partial charge in [-0.2, -0.15) is 4.79 Å². The van der Waals surface area contributed by atoms with Crippen LogP contribution < -0.4 is 10.3 Å². The summed E-state index contributed by atoms with van der Waals surface area (Å²) in [4.78, 5) is 13.6. The summed E-state index contributed by atoms with van der Waals surface area (Å²) in [6.45, 7) is 0.738. The maximum Gasteiger partial charge on any atom is 0.532 e.